The normalized spacial score (nSPS) is 16.1. The fraction of sp³-hybridized carbons (Fsp3) is 0.400. The minimum absolute atomic E-state index is 0.0606. The third-order valence-corrected chi connectivity index (χ3v) is 5.55. The Morgan fingerprint density at radius 1 is 1.14 bits per heavy atom. The van der Waals surface area contributed by atoms with Gasteiger partial charge >= 0.3 is 6.36 Å². The van der Waals surface area contributed by atoms with Crippen molar-refractivity contribution in [3.05, 3.63) is 53.6 Å². The lowest BCUT2D eigenvalue weighted by atomic mass is 9.89. The smallest absolute Gasteiger partial charge is 0.493 e. The Morgan fingerprint density at radius 2 is 1.86 bits per heavy atom. The lowest BCUT2D eigenvalue weighted by Gasteiger charge is -2.29. The first-order chi connectivity index (χ1) is 16.6. The van der Waals surface area contributed by atoms with Crippen molar-refractivity contribution < 1.29 is 32.2 Å². The molecule has 0 saturated heterocycles. The van der Waals surface area contributed by atoms with Gasteiger partial charge in [0.15, 0.2) is 11.5 Å². The molecule has 1 aliphatic heterocycles. The van der Waals surface area contributed by atoms with Crippen LogP contribution in [-0.4, -0.2) is 36.0 Å². The van der Waals surface area contributed by atoms with Crippen molar-refractivity contribution in [3.63, 3.8) is 0 Å². The predicted molar refractivity (Wildman–Crippen MR) is 125 cm³/mol. The number of hydrogen-bond acceptors (Lipinski definition) is 5. The van der Waals surface area contributed by atoms with E-state index in [1.807, 2.05) is 13.8 Å². The second-order valence-corrected chi connectivity index (χ2v) is 8.15. The second-order valence-electron chi connectivity index (χ2n) is 8.15. The van der Waals surface area contributed by atoms with Gasteiger partial charge < -0.3 is 14.8 Å². The number of alkyl halides is 3. The Bertz CT molecular complexity index is 1080. The molecule has 0 saturated carbocycles. The number of carbonyl (C=O) groups excluding carboxylic acids is 2. The van der Waals surface area contributed by atoms with Crippen molar-refractivity contribution in [1.82, 2.24) is 5.01 Å². The maximum Gasteiger partial charge on any atom is 0.573 e. The molecule has 0 radical (unpaired) electrons. The lowest BCUT2D eigenvalue weighted by molar-refractivity contribution is -0.275. The zero-order valence-corrected chi connectivity index (χ0v) is 19.8. The summed E-state index contributed by atoms with van der Waals surface area (Å²) in [7, 11) is 1.26. The Morgan fingerprint density at radius 3 is 2.46 bits per heavy atom. The van der Waals surface area contributed by atoms with Gasteiger partial charge in [-0.15, -0.1) is 13.2 Å². The molecule has 1 heterocycles. The standard InChI is InChI=1S/C25H28F3N3O4/c1-4-6-22(32)29-19-10-7-16(8-11-19)15-31-23(33)14-17(5-2)24(30-31)18-9-12-20(34-3)21(13-18)35-25(26,27)28/h7-13,17H,4-6,14-15H2,1-3H3,(H,29,32). The van der Waals surface area contributed by atoms with Crippen molar-refractivity contribution in [2.75, 3.05) is 12.4 Å². The molecule has 1 unspecified atom stereocenters. The van der Waals surface area contributed by atoms with E-state index in [1.54, 1.807) is 30.3 Å². The Labute approximate surface area is 201 Å². The molecule has 35 heavy (non-hydrogen) atoms. The van der Waals surface area contributed by atoms with Crippen LogP contribution in [-0.2, 0) is 16.1 Å². The summed E-state index contributed by atoms with van der Waals surface area (Å²) in [6.07, 6.45) is -2.93. The van der Waals surface area contributed by atoms with Gasteiger partial charge in [-0.25, -0.2) is 5.01 Å². The van der Waals surface area contributed by atoms with Gasteiger partial charge in [-0.3, -0.25) is 9.59 Å². The summed E-state index contributed by atoms with van der Waals surface area (Å²) in [6.45, 7) is 4.00. The van der Waals surface area contributed by atoms with E-state index in [4.69, 9.17) is 4.74 Å². The van der Waals surface area contributed by atoms with E-state index in [-0.39, 0.29) is 36.4 Å². The van der Waals surface area contributed by atoms with E-state index < -0.39 is 12.1 Å². The zero-order valence-electron chi connectivity index (χ0n) is 19.8. The van der Waals surface area contributed by atoms with Crippen molar-refractivity contribution in [3.8, 4) is 11.5 Å². The molecule has 7 nitrogen and oxygen atoms in total. The number of amides is 2. The third kappa shape index (κ3) is 6.97. The average molecular weight is 492 g/mol. The average Bonchev–Trinajstić information content (AvgIpc) is 2.80. The van der Waals surface area contributed by atoms with Crippen LogP contribution in [0.1, 0.15) is 50.7 Å². The van der Waals surface area contributed by atoms with Crippen molar-refractivity contribution in [1.29, 1.82) is 0 Å². The van der Waals surface area contributed by atoms with Crippen LogP contribution in [0.5, 0.6) is 11.5 Å². The lowest BCUT2D eigenvalue weighted by Crippen LogP contribution is -2.36. The Kier molecular flexibility index (Phi) is 8.37. The van der Waals surface area contributed by atoms with E-state index >= 15 is 0 Å². The van der Waals surface area contributed by atoms with Gasteiger partial charge in [-0.2, -0.15) is 5.10 Å². The fourth-order valence-corrected chi connectivity index (χ4v) is 3.79. The quantitative estimate of drug-likeness (QED) is 0.503. The van der Waals surface area contributed by atoms with Crippen molar-refractivity contribution >= 4 is 23.2 Å². The number of benzene rings is 2. The largest absolute Gasteiger partial charge is 0.573 e. The maximum atomic E-state index is 12.9. The van der Waals surface area contributed by atoms with Gasteiger partial charge in [0, 0.05) is 30.0 Å². The van der Waals surface area contributed by atoms with Crippen LogP contribution in [0.15, 0.2) is 47.6 Å². The van der Waals surface area contributed by atoms with Crippen LogP contribution in [0.3, 0.4) is 0 Å². The monoisotopic (exact) mass is 491 g/mol. The van der Waals surface area contributed by atoms with E-state index in [9.17, 15) is 22.8 Å². The number of nitrogens with one attached hydrogen (secondary N) is 1. The van der Waals surface area contributed by atoms with E-state index in [0.29, 0.717) is 29.8 Å². The first kappa shape index (κ1) is 26.1. The number of ether oxygens (including phenoxy) is 2. The molecule has 1 N–H and O–H groups in total. The summed E-state index contributed by atoms with van der Waals surface area (Å²) in [5.74, 6) is -1.03. The van der Waals surface area contributed by atoms with E-state index in [2.05, 4.69) is 15.2 Å². The maximum absolute atomic E-state index is 12.9. The molecule has 2 aromatic rings. The van der Waals surface area contributed by atoms with Crippen molar-refractivity contribution in [2.45, 2.75) is 52.4 Å². The molecule has 1 aliphatic rings. The van der Waals surface area contributed by atoms with Gasteiger partial charge in [0.25, 0.3) is 0 Å². The summed E-state index contributed by atoms with van der Waals surface area (Å²) in [5, 5.41) is 8.65. The Balaban J connectivity index is 1.86. The number of rotatable bonds is 9. The SMILES string of the molecule is CCCC(=O)Nc1ccc(CN2N=C(c3ccc(OC)c(OC(F)(F)F)c3)C(CC)CC2=O)cc1. The van der Waals surface area contributed by atoms with Crippen LogP contribution >= 0.6 is 0 Å². The summed E-state index contributed by atoms with van der Waals surface area (Å²) >= 11 is 0. The number of hydrazone groups is 1. The molecular weight excluding hydrogens is 463 g/mol. The first-order valence-corrected chi connectivity index (χ1v) is 11.3. The topological polar surface area (TPSA) is 80.2 Å². The molecule has 0 spiro atoms. The molecule has 3 rings (SSSR count). The summed E-state index contributed by atoms with van der Waals surface area (Å²) in [5.41, 5.74) is 2.37. The summed E-state index contributed by atoms with van der Waals surface area (Å²) in [6, 6.07) is 11.3. The number of anilines is 1. The highest BCUT2D eigenvalue weighted by atomic mass is 19.4. The van der Waals surface area contributed by atoms with Crippen molar-refractivity contribution in [2.24, 2.45) is 11.0 Å². The first-order valence-electron chi connectivity index (χ1n) is 11.3. The molecule has 10 heteroatoms. The third-order valence-electron chi connectivity index (χ3n) is 5.55. The van der Waals surface area contributed by atoms with Gasteiger partial charge in [-0.05, 0) is 48.7 Å². The predicted octanol–water partition coefficient (Wildman–Crippen LogP) is 5.50. The highest BCUT2D eigenvalue weighted by Gasteiger charge is 2.34. The molecule has 1 atom stereocenters. The number of methoxy groups -OCH3 is 1. The zero-order chi connectivity index (χ0) is 25.6. The molecule has 2 amide bonds. The van der Waals surface area contributed by atoms with Gasteiger partial charge in [0.2, 0.25) is 11.8 Å². The number of halogens is 3. The summed E-state index contributed by atoms with van der Waals surface area (Å²) < 4.78 is 47.8. The minimum Gasteiger partial charge on any atom is -0.493 e. The Hall–Kier alpha value is -3.56. The van der Waals surface area contributed by atoms with Gasteiger partial charge in [-0.1, -0.05) is 26.0 Å². The molecular formula is C25H28F3N3O4. The molecule has 0 bridgehead atoms. The van der Waals surface area contributed by atoms with Crippen LogP contribution in [0.2, 0.25) is 0 Å². The van der Waals surface area contributed by atoms with Gasteiger partial charge in [0.1, 0.15) is 0 Å². The van der Waals surface area contributed by atoms with Crippen LogP contribution in [0, 0.1) is 5.92 Å². The van der Waals surface area contributed by atoms with Crippen LogP contribution in [0.4, 0.5) is 18.9 Å². The molecule has 188 valence electrons. The number of hydrogen-bond donors (Lipinski definition) is 1. The number of carbonyl (C=O) groups is 2. The van der Waals surface area contributed by atoms with E-state index in [1.165, 1.54) is 24.3 Å². The highest BCUT2D eigenvalue weighted by Crippen LogP contribution is 2.35. The molecule has 0 aromatic heterocycles. The van der Waals surface area contributed by atoms with Crippen LogP contribution < -0.4 is 14.8 Å². The molecule has 0 aliphatic carbocycles. The molecule has 0 fully saturated rings. The van der Waals surface area contributed by atoms with E-state index in [0.717, 1.165) is 12.0 Å². The minimum atomic E-state index is -4.88. The highest BCUT2D eigenvalue weighted by molar-refractivity contribution is 6.06. The fourth-order valence-electron chi connectivity index (χ4n) is 3.79. The van der Waals surface area contributed by atoms with Crippen LogP contribution in [0.25, 0.3) is 0 Å². The number of nitrogens with zero attached hydrogens (tertiary/aromatic N) is 2. The van der Waals surface area contributed by atoms with Gasteiger partial charge in [0.05, 0.1) is 19.4 Å². The summed E-state index contributed by atoms with van der Waals surface area (Å²) in [4.78, 5) is 24.5. The second kappa shape index (κ2) is 11.2. The molecule has 2 aromatic carbocycles.